The van der Waals surface area contributed by atoms with E-state index < -0.39 is 192 Å². The Bertz CT molecular complexity index is 4910. The van der Waals surface area contributed by atoms with E-state index in [0.717, 1.165) is 16.7 Å². The number of nitrogens with zero attached hydrogens (tertiary/aromatic N) is 5. The number of aromatic hydroxyl groups is 1. The molecule has 3 fully saturated rings. The van der Waals surface area contributed by atoms with Gasteiger partial charge in [0.1, 0.15) is 84.3 Å². The number of benzene rings is 5. The highest BCUT2D eigenvalue weighted by Gasteiger charge is 2.46. The van der Waals surface area contributed by atoms with Gasteiger partial charge in [0.25, 0.3) is 6.47 Å². The van der Waals surface area contributed by atoms with Crippen molar-refractivity contribution in [2.75, 3.05) is 65.4 Å². The average Bonchev–Trinajstić information content (AvgIpc) is 1.80. The van der Waals surface area contributed by atoms with Crippen molar-refractivity contribution in [3.63, 3.8) is 0 Å². The van der Waals surface area contributed by atoms with Crippen molar-refractivity contribution < 1.29 is 86.6 Å². The van der Waals surface area contributed by atoms with Crippen molar-refractivity contribution in [1.82, 2.24) is 77.3 Å². The number of carbonyl (C=O) groups excluding carboxylic acids is 16. The minimum atomic E-state index is -1.58. The van der Waals surface area contributed by atoms with E-state index in [4.69, 9.17) is 16.2 Å². The molecule has 15 amide bonds. The molecule has 0 bridgehead atoms. The van der Waals surface area contributed by atoms with Crippen LogP contribution < -0.4 is 59.3 Å². The Morgan fingerprint density at radius 1 is 0.511 bits per heavy atom. The fraction of sp³-hybridized carbons (Fsp3) is 0.495. The summed E-state index contributed by atoms with van der Waals surface area (Å²) in [5.74, 6) is -14.0. The van der Waals surface area contributed by atoms with E-state index in [2.05, 4.69) is 52.8 Å². The summed E-state index contributed by atoms with van der Waals surface area (Å²) in [6.45, 7) is 8.11. The second-order valence-electron chi connectivity index (χ2n) is 34.5. The number of rotatable bonds is 27. The zero-order valence-electron chi connectivity index (χ0n) is 75.8. The quantitative estimate of drug-likeness (QED) is 0.0260. The van der Waals surface area contributed by atoms with Crippen LogP contribution in [0.5, 0.6) is 5.75 Å². The van der Waals surface area contributed by atoms with Crippen LogP contribution in [0, 0.1) is 11.8 Å². The van der Waals surface area contributed by atoms with E-state index in [1.807, 2.05) is 6.92 Å². The molecular weight excluding hydrogens is 1700 g/mol. The number of fused-ring (bicyclic) bond motifs is 3. The van der Waals surface area contributed by atoms with Crippen LogP contribution in [0.1, 0.15) is 139 Å². The van der Waals surface area contributed by atoms with Crippen molar-refractivity contribution in [2.24, 2.45) is 23.3 Å². The number of phenolic OH excluding ortho intramolecular Hbond substituents is 1. The topological polar surface area (TPSA) is 495 Å². The number of aromatic amines is 1. The number of aromatic nitrogens is 1. The standard InChI is InChI=1S/C95H127N17O18S/c1-9-10-35-77-94(128)112-45-25-37-76(112)88(122)101-68(34-22-23-43-96)84(118)107-82(59(4)5)95(129)109(7)78(50-61-28-16-12-17-29-61)90(124)102-69(42-46-130-57-113)92(126)111-44-24-36-75(111)89(123)105-72(52-64-53-98-67-33-21-20-32-66(64)67)87(121)104-71(48-63-38-40-65(114)41-39-63)86(120)103-70(47-58(2)3)85(119)106-74(83(117)99-54-80(97)115)55-131-56-81(116)100-73(49-60-26-14-11-15-27-60)91(125)110(8)79(93(127)108(77)6)51-62-30-18-13-19-31-62/h11-21,26-33,38-41,53,57-59,68-79,82,98,114H,9-10,22-25,34-37,42-52,54-56,96H2,1-8H3,(H2,97,115)(H,99,117)(H,100,116)(H,101,122)(H,102,124)(H,103,120)(H,104,121)(H,105,123)(H,106,119)(H,107,118)/t68-,69-,70-,71-,72-,73-,74-,75+,76+,77-,78-,79-,82-/m0/s1. The van der Waals surface area contributed by atoms with E-state index in [1.165, 1.54) is 65.0 Å². The molecule has 9 rings (SSSR count). The summed E-state index contributed by atoms with van der Waals surface area (Å²) in [5.41, 5.74) is 14.9. The van der Waals surface area contributed by atoms with E-state index in [-0.39, 0.29) is 121 Å². The Labute approximate surface area is 768 Å². The number of amides is 15. The number of hydrogen-bond acceptors (Lipinski definition) is 20. The van der Waals surface area contributed by atoms with Gasteiger partial charge in [-0.15, -0.1) is 11.8 Å². The first-order chi connectivity index (χ1) is 62.8. The van der Waals surface area contributed by atoms with E-state index in [9.17, 15) is 24.3 Å². The number of phenols is 1. The number of primary amides is 1. The Morgan fingerprint density at radius 3 is 1.61 bits per heavy atom. The van der Waals surface area contributed by atoms with Gasteiger partial charge in [-0.2, -0.15) is 0 Å². The normalized spacial score (nSPS) is 23.7. The minimum absolute atomic E-state index is 0.0259. The zero-order chi connectivity index (χ0) is 95.0. The molecule has 13 atom stereocenters. The first-order valence-corrected chi connectivity index (χ1v) is 46.1. The van der Waals surface area contributed by atoms with Crippen LogP contribution in [0.25, 0.3) is 10.9 Å². The minimum Gasteiger partial charge on any atom is -0.508 e. The van der Waals surface area contributed by atoms with Crippen molar-refractivity contribution in [3.8, 4) is 5.75 Å². The summed E-state index contributed by atoms with van der Waals surface area (Å²) in [5, 5.41) is 36.1. The molecule has 3 aliphatic rings. The summed E-state index contributed by atoms with van der Waals surface area (Å²) >= 11 is 0.856. The predicted octanol–water partition coefficient (Wildman–Crippen LogP) is 2.66. The maximum absolute atomic E-state index is 15.8. The SMILES string of the molecule is CCCC[C@H]1C(=O)N2CCC[C@@H]2C(=O)N[C@@H](CCCCN)C(=O)N[C@@H](C(C)C)C(=O)N(C)[C@@H](Cc2ccccc2)C(=O)N[C@@H](CCOC=O)C(=O)N2CCC[C@@H]2C(=O)N[C@@H](Cc2c[nH]c3ccccc23)C(=O)N[C@@H](Cc2ccc(O)cc2)C(=O)N[C@@H](CC(C)C)C(=O)N[C@H](C(=O)NCC(N)=O)CSCC(=O)N[C@@H](Cc2ccccc2)C(=O)N(C)[C@@H](Cc2ccccc2)C(=O)N1C. The maximum atomic E-state index is 15.8. The van der Waals surface area contributed by atoms with Crippen LogP contribution >= 0.6 is 11.8 Å². The first-order valence-electron chi connectivity index (χ1n) is 45.0. The van der Waals surface area contributed by atoms with Gasteiger partial charge >= 0.3 is 0 Å². The molecule has 0 unspecified atom stereocenters. The maximum Gasteiger partial charge on any atom is 0.293 e. The molecule has 4 heterocycles. The van der Waals surface area contributed by atoms with Crippen LogP contribution in [0.4, 0.5) is 0 Å². The van der Waals surface area contributed by atoms with Gasteiger partial charge in [0, 0.05) is 95.6 Å². The van der Waals surface area contributed by atoms with E-state index >= 15 is 57.5 Å². The summed E-state index contributed by atoms with van der Waals surface area (Å²) in [4.78, 5) is 247. The van der Waals surface area contributed by atoms with Gasteiger partial charge in [0.05, 0.1) is 18.9 Å². The third kappa shape index (κ3) is 29.4. The molecule has 3 aliphatic heterocycles. The van der Waals surface area contributed by atoms with Gasteiger partial charge in [-0.3, -0.25) is 76.7 Å². The lowest BCUT2D eigenvalue weighted by molar-refractivity contribution is -0.152. The number of unbranched alkanes of at least 4 members (excludes halogenated alkanes) is 2. The monoisotopic (exact) mass is 1830 g/mol. The van der Waals surface area contributed by atoms with Crippen molar-refractivity contribution in [2.45, 2.75) is 222 Å². The van der Waals surface area contributed by atoms with Crippen molar-refractivity contribution in [3.05, 3.63) is 174 Å². The highest BCUT2D eigenvalue weighted by atomic mass is 32.2. The number of hydrogen-bond donors (Lipinski definition) is 13. The second-order valence-corrected chi connectivity index (χ2v) is 35.5. The summed E-state index contributed by atoms with van der Waals surface area (Å²) in [7, 11) is 4.25. The number of likely N-dealkylation sites (N-methyl/N-ethyl adjacent to an activating group) is 3. The molecular formula is C95H127N17O18S. The van der Waals surface area contributed by atoms with Crippen LogP contribution in [-0.4, -0.2) is 274 Å². The lowest BCUT2D eigenvalue weighted by atomic mass is 9.98. The van der Waals surface area contributed by atoms with Crippen molar-refractivity contribution >= 4 is 118 Å². The Kier molecular flexibility index (Phi) is 39.3. The van der Waals surface area contributed by atoms with Crippen LogP contribution in [0.3, 0.4) is 0 Å². The molecule has 0 aliphatic carbocycles. The van der Waals surface area contributed by atoms with E-state index in [1.54, 1.807) is 149 Å². The fourth-order valence-corrected chi connectivity index (χ4v) is 17.6. The largest absolute Gasteiger partial charge is 0.508 e. The third-order valence-electron chi connectivity index (χ3n) is 24.0. The Balaban J connectivity index is 1.12. The highest BCUT2D eigenvalue weighted by molar-refractivity contribution is 8.00. The van der Waals surface area contributed by atoms with E-state index in [0.29, 0.717) is 70.8 Å². The van der Waals surface area contributed by atoms with Gasteiger partial charge < -0.3 is 98.6 Å². The lowest BCUT2D eigenvalue weighted by Crippen LogP contribution is -2.62. The summed E-state index contributed by atoms with van der Waals surface area (Å²) < 4.78 is 5.13. The fourth-order valence-electron chi connectivity index (χ4n) is 16.7. The Morgan fingerprint density at radius 2 is 1.02 bits per heavy atom. The number of nitrogens with one attached hydrogen (secondary N) is 10. The van der Waals surface area contributed by atoms with Gasteiger partial charge in [-0.1, -0.05) is 169 Å². The predicted molar refractivity (Wildman–Crippen MR) is 492 cm³/mol. The smallest absolute Gasteiger partial charge is 0.293 e. The number of para-hydroxylation sites is 1. The molecule has 3 saturated heterocycles. The zero-order valence-corrected chi connectivity index (χ0v) is 76.6. The molecule has 35 nitrogen and oxygen atoms in total. The van der Waals surface area contributed by atoms with Gasteiger partial charge in [0.2, 0.25) is 88.6 Å². The number of ether oxygens (including phenoxy) is 1. The van der Waals surface area contributed by atoms with Gasteiger partial charge in [-0.05, 0) is 122 Å². The highest BCUT2D eigenvalue weighted by Crippen LogP contribution is 2.28. The lowest BCUT2D eigenvalue weighted by Gasteiger charge is -2.38. The van der Waals surface area contributed by atoms with Gasteiger partial charge in [0.15, 0.2) is 0 Å². The number of H-pyrrole nitrogens is 1. The Hall–Kier alpha value is -12.7. The first kappa shape index (κ1) is 102. The van der Waals surface area contributed by atoms with Crippen LogP contribution in [0.2, 0.25) is 0 Å². The molecule has 5 aromatic carbocycles. The second kappa shape index (κ2) is 50.4. The van der Waals surface area contributed by atoms with Crippen molar-refractivity contribution in [1.29, 1.82) is 0 Å². The third-order valence-corrected chi connectivity index (χ3v) is 25.0. The molecule has 6 aromatic rings. The molecule has 1 aromatic heterocycles. The molecule has 36 heteroatoms. The average molecular weight is 1830 g/mol. The summed E-state index contributed by atoms with van der Waals surface area (Å²) in [6, 6.07) is 20.9. The molecule has 0 saturated carbocycles. The molecule has 706 valence electrons. The molecule has 0 radical (unpaired) electrons. The molecule has 0 spiro atoms. The number of carbonyl (C=O) groups is 16. The number of nitrogens with two attached hydrogens (primary N) is 2. The van der Waals surface area contributed by atoms with Crippen LogP contribution in [-0.2, 0) is 114 Å². The molecule has 131 heavy (non-hydrogen) atoms. The van der Waals surface area contributed by atoms with Crippen LogP contribution in [0.15, 0.2) is 146 Å². The summed E-state index contributed by atoms with van der Waals surface area (Å²) in [6.07, 6.45) is 3.10. The van der Waals surface area contributed by atoms with Gasteiger partial charge in [-0.25, -0.2) is 0 Å². The number of thioether (sulfide) groups is 1. The molecule has 15 N–H and O–H groups in total.